The molecular weight excluding hydrogens is 600 g/mol. The zero-order valence-corrected chi connectivity index (χ0v) is 27.1. The molecule has 0 saturated carbocycles. The van der Waals surface area contributed by atoms with E-state index in [4.69, 9.17) is 9.47 Å². The number of hydrogen-bond acceptors (Lipinski definition) is 8. The minimum absolute atomic E-state index is 0.0256. The minimum atomic E-state index is -1.02. The first-order valence-electron chi connectivity index (χ1n) is 15.4. The van der Waals surface area contributed by atoms with Crippen LogP contribution in [-0.4, -0.2) is 45.3 Å². The van der Waals surface area contributed by atoms with Crippen LogP contribution >= 0.6 is 11.3 Å². The van der Waals surface area contributed by atoms with Crippen molar-refractivity contribution in [3.63, 3.8) is 0 Å². The van der Waals surface area contributed by atoms with E-state index in [1.54, 1.807) is 6.20 Å². The summed E-state index contributed by atoms with van der Waals surface area (Å²) in [6.07, 6.45) is 2.57. The minimum Gasteiger partial charge on any atom is -0.460 e. The molecule has 0 spiro atoms. The Morgan fingerprint density at radius 3 is 2.07 bits per heavy atom. The fraction of sp³-hybridized carbons (Fsp3) is 0.324. The maximum Gasteiger partial charge on any atom is 0.330 e. The van der Waals surface area contributed by atoms with Crippen LogP contribution < -0.4 is 0 Å². The normalized spacial score (nSPS) is 16.2. The summed E-state index contributed by atoms with van der Waals surface area (Å²) in [5.74, 6) is -2.77. The molecule has 46 heavy (non-hydrogen) atoms. The summed E-state index contributed by atoms with van der Waals surface area (Å²) in [4.78, 5) is 59.5. The molecule has 2 heterocycles. The molecule has 0 bridgehead atoms. The lowest BCUT2D eigenvalue weighted by Crippen LogP contribution is -2.66. The first-order valence-corrected chi connectivity index (χ1v) is 16.2. The van der Waals surface area contributed by atoms with Gasteiger partial charge in [-0.1, -0.05) is 91.0 Å². The Balaban J connectivity index is 1.31. The molecule has 0 unspecified atom stereocenters. The number of amides is 2. The van der Waals surface area contributed by atoms with Gasteiger partial charge in [-0.3, -0.25) is 19.3 Å². The number of β-lactam (4-membered cyclic amide) rings is 1. The van der Waals surface area contributed by atoms with Gasteiger partial charge in [0.25, 0.3) is 0 Å². The number of aromatic nitrogens is 1. The van der Waals surface area contributed by atoms with Crippen molar-refractivity contribution in [2.45, 2.75) is 70.6 Å². The fourth-order valence-electron chi connectivity index (χ4n) is 5.61. The van der Waals surface area contributed by atoms with Crippen molar-refractivity contribution in [3.8, 4) is 0 Å². The average Bonchev–Trinajstić information content (AvgIpc) is 3.48. The van der Waals surface area contributed by atoms with Crippen molar-refractivity contribution >= 4 is 35.1 Å². The van der Waals surface area contributed by atoms with Crippen molar-refractivity contribution in [1.29, 1.82) is 0 Å². The van der Waals surface area contributed by atoms with Gasteiger partial charge in [-0.2, -0.15) is 0 Å². The molecule has 2 amide bonds. The predicted molar refractivity (Wildman–Crippen MR) is 175 cm³/mol. The standard InChI is InChI=1S/C37H38N2O6S/c1-37(2,3)45-33(41)22-31-38-23-28(46-31)19-20-29-34(36(43)44-24-25-13-7-4-8-14-25)39(35(29)42)32(40)21-30(26-15-9-5-10-16-26)27-17-11-6-12-18-27/h4-18,23,29-30,34H,19-22,24H2,1-3H3/t29-,34+/m1/s1. The molecular formula is C37H38N2O6S. The molecule has 0 radical (unpaired) electrons. The molecule has 1 aliphatic rings. The molecule has 8 nitrogen and oxygen atoms in total. The Morgan fingerprint density at radius 2 is 1.48 bits per heavy atom. The van der Waals surface area contributed by atoms with Gasteiger partial charge >= 0.3 is 11.9 Å². The van der Waals surface area contributed by atoms with Crippen LogP contribution in [0.1, 0.15) is 66.1 Å². The molecule has 1 saturated heterocycles. The molecule has 1 fully saturated rings. The molecule has 0 N–H and O–H groups in total. The first kappa shape index (κ1) is 32.8. The fourth-order valence-corrected chi connectivity index (χ4v) is 6.53. The van der Waals surface area contributed by atoms with Crippen LogP contribution in [0.15, 0.2) is 97.2 Å². The average molecular weight is 639 g/mol. The van der Waals surface area contributed by atoms with Crippen LogP contribution in [0.4, 0.5) is 0 Å². The Morgan fingerprint density at radius 1 is 0.891 bits per heavy atom. The van der Waals surface area contributed by atoms with E-state index in [1.165, 1.54) is 11.3 Å². The van der Waals surface area contributed by atoms with E-state index in [9.17, 15) is 19.2 Å². The summed E-state index contributed by atoms with van der Waals surface area (Å²) in [5.41, 5.74) is 2.12. The number of thiazole rings is 1. The highest BCUT2D eigenvalue weighted by atomic mass is 32.1. The number of benzene rings is 3. The van der Waals surface area contributed by atoms with Gasteiger partial charge in [0.15, 0.2) is 0 Å². The van der Waals surface area contributed by atoms with Crippen molar-refractivity contribution in [3.05, 3.63) is 124 Å². The van der Waals surface area contributed by atoms with Gasteiger partial charge in [0.1, 0.15) is 23.3 Å². The molecule has 9 heteroatoms. The van der Waals surface area contributed by atoms with E-state index in [2.05, 4.69) is 4.98 Å². The summed E-state index contributed by atoms with van der Waals surface area (Å²) in [7, 11) is 0. The number of imide groups is 1. The van der Waals surface area contributed by atoms with Crippen LogP contribution in [0.3, 0.4) is 0 Å². The number of carbonyl (C=O) groups excluding carboxylic acids is 4. The number of esters is 2. The van der Waals surface area contributed by atoms with E-state index in [1.807, 2.05) is 112 Å². The Labute approximate surface area is 273 Å². The monoisotopic (exact) mass is 638 g/mol. The number of aryl methyl sites for hydroxylation is 1. The van der Waals surface area contributed by atoms with E-state index in [0.29, 0.717) is 17.8 Å². The van der Waals surface area contributed by atoms with Crippen molar-refractivity contribution < 1.29 is 28.7 Å². The van der Waals surface area contributed by atoms with Crippen molar-refractivity contribution in [2.24, 2.45) is 5.92 Å². The summed E-state index contributed by atoms with van der Waals surface area (Å²) in [5, 5.41) is 0.618. The van der Waals surface area contributed by atoms with Crippen LogP contribution in [0.2, 0.25) is 0 Å². The Bertz CT molecular complexity index is 1610. The second-order valence-corrected chi connectivity index (χ2v) is 13.5. The van der Waals surface area contributed by atoms with Crippen LogP contribution in [0.5, 0.6) is 0 Å². The van der Waals surface area contributed by atoms with Crippen LogP contribution in [0, 0.1) is 5.92 Å². The number of ether oxygens (including phenoxy) is 2. The summed E-state index contributed by atoms with van der Waals surface area (Å²) in [6, 6.07) is 27.6. The molecule has 2 atom stereocenters. The molecule has 5 rings (SSSR count). The van der Waals surface area contributed by atoms with Gasteiger partial charge in [0.2, 0.25) is 11.8 Å². The number of rotatable bonds is 12. The first-order chi connectivity index (χ1) is 22.1. The van der Waals surface area contributed by atoms with Gasteiger partial charge in [0, 0.05) is 23.4 Å². The quantitative estimate of drug-likeness (QED) is 0.133. The van der Waals surface area contributed by atoms with Crippen molar-refractivity contribution in [1.82, 2.24) is 9.88 Å². The number of hydrogen-bond donors (Lipinski definition) is 0. The molecule has 238 valence electrons. The number of nitrogens with zero attached hydrogens (tertiary/aromatic N) is 2. The summed E-state index contributed by atoms with van der Waals surface area (Å²) in [6.45, 7) is 5.48. The topological polar surface area (TPSA) is 103 Å². The summed E-state index contributed by atoms with van der Waals surface area (Å²) >= 11 is 1.37. The van der Waals surface area contributed by atoms with Gasteiger partial charge in [-0.15, -0.1) is 11.3 Å². The highest BCUT2D eigenvalue weighted by Crippen LogP contribution is 2.36. The van der Waals surface area contributed by atoms with E-state index in [-0.39, 0.29) is 37.2 Å². The smallest absolute Gasteiger partial charge is 0.330 e. The van der Waals surface area contributed by atoms with Crippen LogP contribution in [0.25, 0.3) is 0 Å². The molecule has 3 aromatic carbocycles. The summed E-state index contributed by atoms with van der Waals surface area (Å²) < 4.78 is 11.1. The number of likely N-dealkylation sites (tertiary alicyclic amines) is 1. The van der Waals surface area contributed by atoms with Crippen LogP contribution in [-0.2, 0) is 48.1 Å². The van der Waals surface area contributed by atoms with Crippen molar-refractivity contribution in [2.75, 3.05) is 0 Å². The molecule has 1 aromatic heterocycles. The lowest BCUT2D eigenvalue weighted by atomic mass is 9.81. The van der Waals surface area contributed by atoms with Gasteiger partial charge in [0.05, 0.1) is 12.3 Å². The molecule has 1 aliphatic heterocycles. The highest BCUT2D eigenvalue weighted by molar-refractivity contribution is 7.11. The zero-order valence-electron chi connectivity index (χ0n) is 26.3. The van der Waals surface area contributed by atoms with Gasteiger partial charge in [-0.05, 0) is 50.3 Å². The third-order valence-corrected chi connectivity index (χ3v) is 8.81. The molecule has 4 aromatic rings. The van der Waals surface area contributed by atoms with E-state index < -0.39 is 29.4 Å². The SMILES string of the molecule is CC(C)(C)OC(=O)Cc1ncc(CC[C@H]2C(=O)N(C(=O)CC(c3ccccc3)c3ccccc3)[C@@H]2C(=O)OCc2ccccc2)s1. The third kappa shape index (κ3) is 8.34. The second kappa shape index (κ2) is 14.6. The predicted octanol–water partition coefficient (Wildman–Crippen LogP) is 6.28. The third-order valence-electron chi connectivity index (χ3n) is 7.75. The molecule has 0 aliphatic carbocycles. The van der Waals surface area contributed by atoms with E-state index in [0.717, 1.165) is 26.5 Å². The van der Waals surface area contributed by atoms with Gasteiger partial charge in [-0.25, -0.2) is 9.78 Å². The lowest BCUT2D eigenvalue weighted by Gasteiger charge is -2.44. The van der Waals surface area contributed by atoms with Gasteiger partial charge < -0.3 is 9.47 Å². The Hall–Kier alpha value is -4.63. The zero-order chi connectivity index (χ0) is 32.7. The maximum atomic E-state index is 13.9. The largest absolute Gasteiger partial charge is 0.460 e. The second-order valence-electron chi connectivity index (χ2n) is 12.3. The number of carbonyl (C=O) groups is 4. The Kier molecular flexibility index (Phi) is 10.4. The lowest BCUT2D eigenvalue weighted by molar-refractivity contribution is -0.180. The maximum absolute atomic E-state index is 13.9. The highest BCUT2D eigenvalue weighted by Gasteiger charge is 2.55. The van der Waals surface area contributed by atoms with E-state index >= 15 is 0 Å².